The molecule has 80 valence electrons. The quantitative estimate of drug-likeness (QED) is 0.599. The van der Waals surface area contributed by atoms with E-state index in [2.05, 4.69) is 43.9 Å². The summed E-state index contributed by atoms with van der Waals surface area (Å²) in [5.41, 5.74) is 1.49. The number of rotatable bonds is 6. The summed E-state index contributed by atoms with van der Waals surface area (Å²) >= 11 is 0. The van der Waals surface area contributed by atoms with Gasteiger partial charge in [0.15, 0.2) is 0 Å². The maximum Gasteiger partial charge on any atom is 0.0106 e. The Morgan fingerprint density at radius 1 is 1.29 bits per heavy atom. The Morgan fingerprint density at radius 3 is 2.64 bits per heavy atom. The van der Waals surface area contributed by atoms with Crippen LogP contribution < -0.4 is 0 Å². The average molecular weight is 193 g/mol. The molecule has 0 spiro atoms. The van der Waals surface area contributed by atoms with Gasteiger partial charge in [0, 0.05) is 19.4 Å². The summed E-state index contributed by atoms with van der Waals surface area (Å²) in [6.45, 7) is 4.60. The van der Waals surface area contributed by atoms with Crippen molar-refractivity contribution in [3.8, 4) is 0 Å². The maximum absolute atomic E-state index is 2.33. The van der Waals surface area contributed by atoms with Gasteiger partial charge in [-0.1, -0.05) is 39.5 Å². The van der Waals surface area contributed by atoms with Crippen molar-refractivity contribution in [1.82, 2.24) is 4.57 Å². The van der Waals surface area contributed by atoms with E-state index in [-0.39, 0.29) is 0 Å². The van der Waals surface area contributed by atoms with Crippen LogP contribution in [0.2, 0.25) is 0 Å². The van der Waals surface area contributed by atoms with E-state index in [0.29, 0.717) is 0 Å². The Labute approximate surface area is 88.1 Å². The fourth-order valence-electron chi connectivity index (χ4n) is 1.86. The number of hydrogen-bond donors (Lipinski definition) is 0. The first-order chi connectivity index (χ1) is 6.74. The van der Waals surface area contributed by atoms with Crippen molar-refractivity contribution >= 4 is 0 Å². The Kier molecular flexibility index (Phi) is 4.78. The summed E-state index contributed by atoms with van der Waals surface area (Å²) in [7, 11) is 2.09. The summed E-state index contributed by atoms with van der Waals surface area (Å²) in [6.07, 6.45) is 11.2. The molecule has 1 atom stereocenters. The van der Waals surface area contributed by atoms with Crippen LogP contribution >= 0.6 is 0 Å². The highest BCUT2D eigenvalue weighted by atomic mass is 14.9. The molecule has 1 unspecified atom stereocenters. The van der Waals surface area contributed by atoms with Crippen molar-refractivity contribution in [2.75, 3.05) is 0 Å². The highest BCUT2D eigenvalue weighted by Crippen LogP contribution is 2.21. The van der Waals surface area contributed by atoms with Gasteiger partial charge in [-0.15, -0.1) is 0 Å². The van der Waals surface area contributed by atoms with E-state index in [1.807, 2.05) is 0 Å². The van der Waals surface area contributed by atoms with Crippen LogP contribution in [-0.2, 0) is 7.05 Å². The smallest absolute Gasteiger partial charge is 0.0106 e. The molecule has 0 aliphatic heterocycles. The van der Waals surface area contributed by atoms with Crippen LogP contribution in [0.25, 0.3) is 0 Å². The molecule has 0 aliphatic carbocycles. The Bertz CT molecular complexity index is 249. The molecule has 0 N–H and O–H groups in total. The minimum absolute atomic E-state index is 0.730. The number of nitrogens with zero attached hydrogens (tertiary/aromatic N) is 1. The molecule has 0 fully saturated rings. The van der Waals surface area contributed by atoms with Gasteiger partial charge in [-0.2, -0.15) is 0 Å². The van der Waals surface area contributed by atoms with Crippen molar-refractivity contribution < 1.29 is 0 Å². The predicted octanol–water partition coefficient (Wildman–Crippen LogP) is 4.10. The highest BCUT2D eigenvalue weighted by molar-refractivity contribution is 5.14. The van der Waals surface area contributed by atoms with E-state index in [1.54, 1.807) is 0 Å². The molecule has 0 aromatic carbocycles. The molecule has 0 aliphatic rings. The average Bonchev–Trinajstić information content (AvgIpc) is 2.59. The van der Waals surface area contributed by atoms with E-state index < -0.39 is 0 Å². The molecule has 0 saturated heterocycles. The predicted molar refractivity (Wildman–Crippen MR) is 62.6 cm³/mol. The van der Waals surface area contributed by atoms with Crippen molar-refractivity contribution in [2.45, 2.75) is 51.9 Å². The zero-order chi connectivity index (χ0) is 10.4. The lowest BCUT2D eigenvalue weighted by molar-refractivity contribution is 0.579. The molecular weight excluding hydrogens is 170 g/mol. The van der Waals surface area contributed by atoms with Gasteiger partial charge < -0.3 is 4.57 Å². The Balaban J connectivity index is 2.25. The molecule has 14 heavy (non-hydrogen) atoms. The number of unbranched alkanes of at least 4 members (excludes halogenated alkanes) is 3. The highest BCUT2D eigenvalue weighted by Gasteiger charge is 2.05. The number of hydrogen-bond acceptors (Lipinski definition) is 0. The summed E-state index contributed by atoms with van der Waals surface area (Å²) in [4.78, 5) is 0. The van der Waals surface area contributed by atoms with E-state index in [9.17, 15) is 0 Å². The second-order valence-corrected chi connectivity index (χ2v) is 4.36. The van der Waals surface area contributed by atoms with Gasteiger partial charge in [-0.3, -0.25) is 0 Å². The van der Waals surface area contributed by atoms with Crippen LogP contribution in [0.3, 0.4) is 0 Å². The molecule has 1 aromatic rings. The molecule has 1 aromatic heterocycles. The van der Waals surface area contributed by atoms with Gasteiger partial charge in [0.2, 0.25) is 0 Å². The zero-order valence-corrected chi connectivity index (χ0v) is 9.79. The molecule has 1 rings (SSSR count). The maximum atomic E-state index is 2.33. The lowest BCUT2D eigenvalue weighted by Crippen LogP contribution is -1.92. The molecule has 1 heteroatoms. The van der Waals surface area contributed by atoms with Crippen molar-refractivity contribution in [2.24, 2.45) is 7.05 Å². The minimum Gasteiger partial charge on any atom is -0.357 e. The molecule has 0 radical (unpaired) electrons. The van der Waals surface area contributed by atoms with Crippen LogP contribution in [0.1, 0.15) is 57.4 Å². The second-order valence-electron chi connectivity index (χ2n) is 4.36. The number of aromatic nitrogens is 1. The number of aryl methyl sites for hydroxylation is 1. The van der Waals surface area contributed by atoms with Crippen molar-refractivity contribution in [3.05, 3.63) is 24.0 Å². The molecular formula is C13H23N. The SMILES string of the molecule is CCCCCCC(C)c1ccn(C)c1. The van der Waals surface area contributed by atoms with Crippen LogP contribution in [0.4, 0.5) is 0 Å². The molecule has 0 saturated carbocycles. The lowest BCUT2D eigenvalue weighted by Gasteiger charge is -2.08. The van der Waals surface area contributed by atoms with Gasteiger partial charge in [-0.25, -0.2) is 0 Å². The third-order valence-corrected chi connectivity index (χ3v) is 2.91. The van der Waals surface area contributed by atoms with Crippen LogP contribution in [0.5, 0.6) is 0 Å². The van der Waals surface area contributed by atoms with Crippen molar-refractivity contribution in [1.29, 1.82) is 0 Å². The fraction of sp³-hybridized carbons (Fsp3) is 0.692. The first-order valence-corrected chi connectivity index (χ1v) is 5.86. The van der Waals surface area contributed by atoms with E-state index >= 15 is 0 Å². The molecule has 0 amide bonds. The summed E-state index contributed by atoms with van der Waals surface area (Å²) in [6, 6.07) is 2.24. The van der Waals surface area contributed by atoms with Crippen LogP contribution in [0, 0.1) is 0 Å². The summed E-state index contributed by atoms with van der Waals surface area (Å²) in [5.74, 6) is 0.730. The Morgan fingerprint density at radius 2 is 2.07 bits per heavy atom. The lowest BCUT2D eigenvalue weighted by atomic mass is 9.97. The van der Waals surface area contributed by atoms with E-state index in [4.69, 9.17) is 0 Å². The summed E-state index contributed by atoms with van der Waals surface area (Å²) < 4.78 is 2.14. The monoisotopic (exact) mass is 193 g/mol. The second kappa shape index (κ2) is 5.90. The third kappa shape index (κ3) is 3.57. The van der Waals surface area contributed by atoms with Gasteiger partial charge in [-0.05, 0) is 24.0 Å². The van der Waals surface area contributed by atoms with E-state index in [1.165, 1.54) is 37.7 Å². The van der Waals surface area contributed by atoms with E-state index in [0.717, 1.165) is 5.92 Å². The van der Waals surface area contributed by atoms with Crippen LogP contribution in [0.15, 0.2) is 18.5 Å². The topological polar surface area (TPSA) is 4.93 Å². The normalized spacial score (nSPS) is 13.1. The minimum atomic E-state index is 0.730. The van der Waals surface area contributed by atoms with Crippen molar-refractivity contribution in [3.63, 3.8) is 0 Å². The standard InChI is InChI=1S/C13H23N/c1-4-5-6-7-8-12(2)13-9-10-14(3)11-13/h9-12H,4-8H2,1-3H3. The molecule has 1 heterocycles. The van der Waals surface area contributed by atoms with Gasteiger partial charge in [0.05, 0.1) is 0 Å². The third-order valence-electron chi connectivity index (χ3n) is 2.91. The van der Waals surface area contributed by atoms with Crippen LogP contribution in [-0.4, -0.2) is 4.57 Å². The molecule has 0 bridgehead atoms. The fourth-order valence-corrected chi connectivity index (χ4v) is 1.86. The molecule has 1 nitrogen and oxygen atoms in total. The van der Waals surface area contributed by atoms with Gasteiger partial charge in [0.25, 0.3) is 0 Å². The largest absolute Gasteiger partial charge is 0.357 e. The first kappa shape index (κ1) is 11.4. The van der Waals surface area contributed by atoms with Gasteiger partial charge in [0.1, 0.15) is 0 Å². The first-order valence-electron chi connectivity index (χ1n) is 5.86. The zero-order valence-electron chi connectivity index (χ0n) is 9.79. The van der Waals surface area contributed by atoms with Gasteiger partial charge >= 0.3 is 0 Å². The Hall–Kier alpha value is -0.720. The summed E-state index contributed by atoms with van der Waals surface area (Å²) in [5, 5.41) is 0.